The number of nitrogens with zero attached hydrogens (tertiary/aromatic N) is 2. The maximum absolute atomic E-state index is 12.1. The topological polar surface area (TPSA) is 52.7 Å². The average molecular weight is 273 g/mol. The molecule has 104 valence electrons. The summed E-state index contributed by atoms with van der Waals surface area (Å²) in [5, 5.41) is 3.36. The Labute approximate surface area is 111 Å². The highest BCUT2D eigenvalue weighted by molar-refractivity contribution is 7.86. The normalized spacial score (nSPS) is 16.2. The largest absolute Gasteiger partial charge is 0.314 e. The van der Waals surface area contributed by atoms with Crippen LogP contribution in [0.2, 0.25) is 0 Å². The summed E-state index contributed by atoms with van der Waals surface area (Å²) in [7, 11) is -1.80. The third-order valence-corrected chi connectivity index (χ3v) is 5.01. The fourth-order valence-electron chi connectivity index (χ4n) is 1.67. The summed E-state index contributed by atoms with van der Waals surface area (Å²) in [6.45, 7) is 3.70. The van der Waals surface area contributed by atoms with Crippen molar-refractivity contribution in [1.82, 2.24) is 13.9 Å². The van der Waals surface area contributed by atoms with Crippen molar-refractivity contribution in [2.45, 2.75) is 32.2 Å². The van der Waals surface area contributed by atoms with Crippen LogP contribution < -0.4 is 5.32 Å². The molecule has 1 aliphatic rings. The lowest BCUT2D eigenvalue weighted by atomic mass is 10.4. The molecule has 1 N–H and O–H groups in total. The lowest BCUT2D eigenvalue weighted by Crippen LogP contribution is -2.42. The SMILES string of the molecule is C#CCN(CC)S(=O)(=O)N(C)CCCNC1CC1. The van der Waals surface area contributed by atoms with Crippen LogP contribution in [0.25, 0.3) is 0 Å². The molecule has 1 saturated carbocycles. The van der Waals surface area contributed by atoms with Gasteiger partial charge in [0, 0.05) is 26.2 Å². The van der Waals surface area contributed by atoms with Crippen molar-refractivity contribution in [3.05, 3.63) is 0 Å². The van der Waals surface area contributed by atoms with Crippen molar-refractivity contribution in [3.8, 4) is 12.3 Å². The van der Waals surface area contributed by atoms with Crippen molar-refractivity contribution in [3.63, 3.8) is 0 Å². The molecule has 0 bridgehead atoms. The van der Waals surface area contributed by atoms with Gasteiger partial charge in [0.15, 0.2) is 0 Å². The molecule has 0 radical (unpaired) electrons. The summed E-state index contributed by atoms with van der Waals surface area (Å²) >= 11 is 0. The molecular weight excluding hydrogens is 250 g/mol. The fraction of sp³-hybridized carbons (Fsp3) is 0.833. The number of hydrogen-bond donors (Lipinski definition) is 1. The van der Waals surface area contributed by atoms with Crippen LogP contribution in [0, 0.1) is 12.3 Å². The second-order valence-corrected chi connectivity index (χ2v) is 6.58. The summed E-state index contributed by atoms with van der Waals surface area (Å²) in [6, 6.07) is 0.667. The first-order valence-corrected chi connectivity index (χ1v) is 7.80. The molecule has 1 fully saturated rings. The highest BCUT2D eigenvalue weighted by Crippen LogP contribution is 2.18. The van der Waals surface area contributed by atoms with Crippen molar-refractivity contribution in [1.29, 1.82) is 0 Å². The first-order valence-electron chi connectivity index (χ1n) is 6.40. The lowest BCUT2D eigenvalue weighted by Gasteiger charge is -2.25. The van der Waals surface area contributed by atoms with Gasteiger partial charge in [0.1, 0.15) is 0 Å². The van der Waals surface area contributed by atoms with E-state index in [9.17, 15) is 8.42 Å². The quantitative estimate of drug-likeness (QED) is 0.484. The molecule has 18 heavy (non-hydrogen) atoms. The molecule has 1 rings (SSSR count). The highest BCUT2D eigenvalue weighted by atomic mass is 32.2. The van der Waals surface area contributed by atoms with Crippen LogP contribution in [0.4, 0.5) is 0 Å². The Morgan fingerprint density at radius 2 is 2.11 bits per heavy atom. The van der Waals surface area contributed by atoms with Crippen LogP contribution in [0.3, 0.4) is 0 Å². The molecule has 0 atom stereocenters. The van der Waals surface area contributed by atoms with E-state index >= 15 is 0 Å². The molecule has 5 nitrogen and oxygen atoms in total. The Hall–Kier alpha value is -0.610. The van der Waals surface area contributed by atoms with E-state index in [-0.39, 0.29) is 6.54 Å². The summed E-state index contributed by atoms with van der Waals surface area (Å²) < 4.78 is 26.9. The predicted molar refractivity (Wildman–Crippen MR) is 73.3 cm³/mol. The standard InChI is InChI=1S/C12H23N3O2S/c1-4-10-15(5-2)18(16,17)14(3)11-6-9-13-12-7-8-12/h1,12-13H,5-11H2,2-3H3. The van der Waals surface area contributed by atoms with Crippen molar-refractivity contribution in [2.24, 2.45) is 0 Å². The zero-order valence-electron chi connectivity index (χ0n) is 11.2. The number of hydrogen-bond acceptors (Lipinski definition) is 3. The van der Waals surface area contributed by atoms with Gasteiger partial charge in [0.25, 0.3) is 10.2 Å². The molecule has 1 aliphatic carbocycles. The van der Waals surface area contributed by atoms with Gasteiger partial charge in [-0.3, -0.25) is 0 Å². The van der Waals surface area contributed by atoms with E-state index in [2.05, 4.69) is 11.2 Å². The summed E-state index contributed by atoms with van der Waals surface area (Å²) in [5.74, 6) is 2.38. The first kappa shape index (κ1) is 15.4. The van der Waals surface area contributed by atoms with Crippen molar-refractivity contribution < 1.29 is 8.42 Å². The van der Waals surface area contributed by atoms with E-state index in [1.165, 1.54) is 21.5 Å². The van der Waals surface area contributed by atoms with E-state index in [4.69, 9.17) is 6.42 Å². The number of terminal acetylenes is 1. The Morgan fingerprint density at radius 3 is 2.61 bits per heavy atom. The Bertz CT molecular complexity index is 385. The maximum Gasteiger partial charge on any atom is 0.282 e. The van der Waals surface area contributed by atoms with Gasteiger partial charge in [-0.25, -0.2) is 0 Å². The molecule has 0 amide bonds. The second kappa shape index (κ2) is 7.10. The lowest BCUT2D eigenvalue weighted by molar-refractivity contribution is 0.382. The minimum Gasteiger partial charge on any atom is -0.314 e. The third kappa shape index (κ3) is 4.58. The van der Waals surface area contributed by atoms with Crippen molar-refractivity contribution in [2.75, 3.05) is 33.2 Å². The zero-order valence-corrected chi connectivity index (χ0v) is 12.0. The number of nitrogens with one attached hydrogen (secondary N) is 1. The smallest absolute Gasteiger partial charge is 0.282 e. The second-order valence-electron chi connectivity index (χ2n) is 4.54. The molecule has 0 aliphatic heterocycles. The monoisotopic (exact) mass is 273 g/mol. The van der Waals surface area contributed by atoms with E-state index in [1.807, 2.05) is 0 Å². The van der Waals surface area contributed by atoms with Crippen LogP contribution in [0.1, 0.15) is 26.2 Å². The Morgan fingerprint density at radius 1 is 1.44 bits per heavy atom. The molecule has 0 aromatic heterocycles. The summed E-state index contributed by atoms with van der Waals surface area (Å²) in [4.78, 5) is 0. The van der Waals surface area contributed by atoms with Gasteiger partial charge < -0.3 is 5.32 Å². The Balaban J connectivity index is 2.36. The van der Waals surface area contributed by atoms with Crippen LogP contribution in [-0.4, -0.2) is 56.3 Å². The molecule has 0 heterocycles. The van der Waals surface area contributed by atoms with E-state index < -0.39 is 10.2 Å². The average Bonchev–Trinajstić information content (AvgIpc) is 3.14. The molecule has 6 heteroatoms. The molecule has 0 spiro atoms. The minimum absolute atomic E-state index is 0.128. The van der Waals surface area contributed by atoms with Crippen LogP contribution in [-0.2, 0) is 10.2 Å². The highest BCUT2D eigenvalue weighted by Gasteiger charge is 2.25. The number of rotatable bonds is 9. The molecule has 0 aromatic carbocycles. The van der Waals surface area contributed by atoms with Crippen LogP contribution in [0.15, 0.2) is 0 Å². The van der Waals surface area contributed by atoms with Gasteiger partial charge >= 0.3 is 0 Å². The summed E-state index contributed by atoms with van der Waals surface area (Å²) in [5.41, 5.74) is 0. The Kier molecular flexibility index (Phi) is 6.09. The van der Waals surface area contributed by atoms with Gasteiger partial charge in [-0.1, -0.05) is 12.8 Å². The molecular formula is C12H23N3O2S. The molecule has 0 unspecified atom stereocenters. The van der Waals surface area contributed by atoms with Gasteiger partial charge in [0.2, 0.25) is 0 Å². The molecule has 0 aromatic rings. The fourth-order valence-corrected chi connectivity index (χ4v) is 2.98. The van der Waals surface area contributed by atoms with Crippen LogP contribution in [0.5, 0.6) is 0 Å². The van der Waals surface area contributed by atoms with Gasteiger partial charge in [0.05, 0.1) is 6.54 Å². The third-order valence-electron chi connectivity index (χ3n) is 3.00. The summed E-state index contributed by atoms with van der Waals surface area (Å²) in [6.07, 6.45) is 8.50. The first-order chi connectivity index (χ1) is 8.52. The zero-order chi connectivity index (χ0) is 13.6. The van der Waals surface area contributed by atoms with E-state index in [0.29, 0.717) is 19.1 Å². The van der Waals surface area contributed by atoms with Crippen LogP contribution >= 0.6 is 0 Å². The van der Waals surface area contributed by atoms with Gasteiger partial charge in [-0.2, -0.15) is 17.0 Å². The van der Waals surface area contributed by atoms with E-state index in [0.717, 1.165) is 13.0 Å². The van der Waals surface area contributed by atoms with Crippen molar-refractivity contribution >= 4 is 10.2 Å². The van der Waals surface area contributed by atoms with Gasteiger partial charge in [-0.15, -0.1) is 6.42 Å². The predicted octanol–water partition coefficient (Wildman–Crippen LogP) is 0.260. The van der Waals surface area contributed by atoms with Gasteiger partial charge in [-0.05, 0) is 25.8 Å². The minimum atomic E-state index is -3.40. The molecule has 0 saturated heterocycles. The maximum atomic E-state index is 12.1. The van der Waals surface area contributed by atoms with E-state index in [1.54, 1.807) is 14.0 Å².